The molecule has 1 aliphatic heterocycles. The first-order valence-electron chi connectivity index (χ1n) is 7.38. The number of hydrogen-bond acceptors (Lipinski definition) is 3. The fourth-order valence-electron chi connectivity index (χ4n) is 3.52. The number of hydrogen-bond donors (Lipinski definition) is 1. The summed E-state index contributed by atoms with van der Waals surface area (Å²) >= 11 is 0. The maximum Gasteiger partial charge on any atom is 0.410 e. The average Bonchev–Trinajstić information content (AvgIpc) is 3.04. The van der Waals surface area contributed by atoms with Crippen LogP contribution in [0, 0.1) is 5.41 Å². The van der Waals surface area contributed by atoms with Crippen LogP contribution in [0.4, 0.5) is 4.79 Å². The smallest absolute Gasteiger partial charge is 0.410 e. The van der Waals surface area contributed by atoms with Gasteiger partial charge in [0.1, 0.15) is 6.61 Å². The normalized spacial score (nSPS) is 29.1. The van der Waals surface area contributed by atoms with Crippen LogP contribution in [-0.4, -0.2) is 30.1 Å². The van der Waals surface area contributed by atoms with Crippen molar-refractivity contribution >= 4 is 6.09 Å². The fourth-order valence-corrected chi connectivity index (χ4v) is 3.52. The van der Waals surface area contributed by atoms with Gasteiger partial charge in [-0.3, -0.25) is 0 Å². The molecule has 4 heteroatoms. The summed E-state index contributed by atoms with van der Waals surface area (Å²) in [5.41, 5.74) is 7.31. The van der Waals surface area contributed by atoms with Crippen molar-refractivity contribution in [3.05, 3.63) is 35.9 Å². The summed E-state index contributed by atoms with van der Waals surface area (Å²) in [6.07, 6.45) is 4.17. The predicted octanol–water partition coefficient (Wildman–Crippen LogP) is 2.53. The third-order valence-corrected chi connectivity index (χ3v) is 4.64. The first-order valence-corrected chi connectivity index (χ1v) is 7.38. The zero-order valence-electron chi connectivity index (χ0n) is 11.8. The molecule has 1 aromatic carbocycles. The molecular weight excluding hydrogens is 252 g/mol. The molecule has 1 spiro atoms. The zero-order chi connectivity index (χ0) is 14.0. The Hall–Kier alpha value is -1.55. The fraction of sp³-hybridized carbons (Fsp3) is 0.562. The molecule has 1 saturated heterocycles. The van der Waals surface area contributed by atoms with E-state index in [9.17, 15) is 4.79 Å². The molecule has 4 nitrogen and oxygen atoms in total. The summed E-state index contributed by atoms with van der Waals surface area (Å²) in [5.74, 6) is 0. The van der Waals surface area contributed by atoms with E-state index in [0.29, 0.717) is 12.6 Å². The highest BCUT2D eigenvalue weighted by molar-refractivity contribution is 5.68. The maximum atomic E-state index is 12.1. The number of carbonyl (C=O) groups excluding carboxylic acids is 1. The largest absolute Gasteiger partial charge is 0.445 e. The Morgan fingerprint density at radius 2 is 2.15 bits per heavy atom. The third-order valence-electron chi connectivity index (χ3n) is 4.64. The van der Waals surface area contributed by atoms with Gasteiger partial charge in [-0.15, -0.1) is 0 Å². The van der Waals surface area contributed by atoms with E-state index in [1.807, 2.05) is 35.2 Å². The van der Waals surface area contributed by atoms with Gasteiger partial charge in [-0.25, -0.2) is 4.79 Å². The highest BCUT2D eigenvalue weighted by Gasteiger charge is 2.44. The lowest BCUT2D eigenvalue weighted by Gasteiger charge is -2.23. The summed E-state index contributed by atoms with van der Waals surface area (Å²) in [5, 5.41) is 0. The number of carbonyl (C=O) groups is 1. The highest BCUT2D eigenvalue weighted by Crippen LogP contribution is 2.44. The molecule has 2 atom stereocenters. The van der Waals surface area contributed by atoms with Crippen LogP contribution in [0.5, 0.6) is 0 Å². The van der Waals surface area contributed by atoms with E-state index in [1.165, 1.54) is 0 Å². The first kappa shape index (κ1) is 13.4. The maximum absolute atomic E-state index is 12.1. The van der Waals surface area contributed by atoms with E-state index in [2.05, 4.69) is 0 Å². The van der Waals surface area contributed by atoms with Crippen LogP contribution in [0.3, 0.4) is 0 Å². The standard InChI is InChI=1S/C16H22N2O2/c17-14-6-7-16(10-14)8-9-18(12-16)15(19)20-11-13-4-2-1-3-5-13/h1-5,14H,6-12,17H2/t14-,16-/m1/s1. The highest BCUT2D eigenvalue weighted by atomic mass is 16.6. The van der Waals surface area contributed by atoms with Crippen LogP contribution in [0.1, 0.15) is 31.2 Å². The number of likely N-dealkylation sites (tertiary alicyclic amines) is 1. The molecule has 1 saturated carbocycles. The van der Waals surface area contributed by atoms with Crippen LogP contribution in [0.2, 0.25) is 0 Å². The van der Waals surface area contributed by atoms with Gasteiger partial charge in [-0.05, 0) is 36.7 Å². The Bertz CT molecular complexity index is 477. The predicted molar refractivity (Wildman–Crippen MR) is 77.1 cm³/mol. The second kappa shape index (κ2) is 5.44. The van der Waals surface area contributed by atoms with E-state index < -0.39 is 0 Å². The minimum Gasteiger partial charge on any atom is -0.445 e. The summed E-state index contributed by atoms with van der Waals surface area (Å²) in [4.78, 5) is 14.0. The number of amides is 1. The topological polar surface area (TPSA) is 55.6 Å². The van der Waals surface area contributed by atoms with Crippen molar-refractivity contribution in [1.82, 2.24) is 4.90 Å². The molecule has 0 unspecified atom stereocenters. The monoisotopic (exact) mass is 274 g/mol. The average molecular weight is 274 g/mol. The molecule has 1 heterocycles. The van der Waals surface area contributed by atoms with Crippen molar-refractivity contribution in [2.75, 3.05) is 13.1 Å². The molecule has 108 valence electrons. The molecular formula is C16H22N2O2. The zero-order valence-corrected chi connectivity index (χ0v) is 11.8. The second-order valence-electron chi connectivity index (χ2n) is 6.21. The third kappa shape index (κ3) is 2.80. The molecule has 0 bridgehead atoms. The summed E-state index contributed by atoms with van der Waals surface area (Å²) in [6, 6.07) is 10.1. The molecule has 1 aromatic rings. The van der Waals surface area contributed by atoms with Crippen molar-refractivity contribution in [2.24, 2.45) is 11.1 Å². The van der Waals surface area contributed by atoms with Crippen LogP contribution in [-0.2, 0) is 11.3 Å². The first-order chi connectivity index (χ1) is 9.67. The number of ether oxygens (including phenoxy) is 1. The number of rotatable bonds is 2. The van der Waals surface area contributed by atoms with Crippen molar-refractivity contribution in [3.63, 3.8) is 0 Å². The van der Waals surface area contributed by atoms with Gasteiger partial charge in [0.25, 0.3) is 0 Å². The molecule has 20 heavy (non-hydrogen) atoms. The Morgan fingerprint density at radius 3 is 2.85 bits per heavy atom. The van der Waals surface area contributed by atoms with Crippen LogP contribution >= 0.6 is 0 Å². The number of benzene rings is 1. The van der Waals surface area contributed by atoms with E-state index in [4.69, 9.17) is 10.5 Å². The van der Waals surface area contributed by atoms with Gasteiger partial charge >= 0.3 is 6.09 Å². The minimum atomic E-state index is -0.189. The second-order valence-corrected chi connectivity index (χ2v) is 6.21. The molecule has 2 aliphatic rings. The van der Waals surface area contributed by atoms with Gasteiger partial charge in [0, 0.05) is 19.1 Å². The van der Waals surface area contributed by atoms with Gasteiger partial charge in [0.2, 0.25) is 0 Å². The quantitative estimate of drug-likeness (QED) is 0.901. The van der Waals surface area contributed by atoms with Gasteiger partial charge in [0.05, 0.1) is 0 Å². The molecule has 1 aliphatic carbocycles. The van der Waals surface area contributed by atoms with E-state index in [1.54, 1.807) is 0 Å². The summed E-state index contributed by atoms with van der Waals surface area (Å²) in [6.45, 7) is 1.97. The van der Waals surface area contributed by atoms with Gasteiger partial charge in [0.15, 0.2) is 0 Å². The lowest BCUT2D eigenvalue weighted by Crippen LogP contribution is -2.32. The lowest BCUT2D eigenvalue weighted by molar-refractivity contribution is 0.0996. The van der Waals surface area contributed by atoms with Crippen molar-refractivity contribution in [3.8, 4) is 0 Å². The number of nitrogens with zero attached hydrogens (tertiary/aromatic N) is 1. The van der Waals surface area contributed by atoms with Crippen LogP contribution in [0.25, 0.3) is 0 Å². The van der Waals surface area contributed by atoms with Crippen molar-refractivity contribution < 1.29 is 9.53 Å². The molecule has 3 rings (SSSR count). The van der Waals surface area contributed by atoms with Gasteiger partial charge in [-0.1, -0.05) is 30.3 Å². The van der Waals surface area contributed by atoms with E-state index in [0.717, 1.165) is 44.3 Å². The van der Waals surface area contributed by atoms with Crippen molar-refractivity contribution in [1.29, 1.82) is 0 Å². The summed E-state index contributed by atoms with van der Waals surface area (Å²) < 4.78 is 5.40. The molecule has 0 aromatic heterocycles. The molecule has 2 fully saturated rings. The number of nitrogens with two attached hydrogens (primary N) is 1. The Kier molecular flexibility index (Phi) is 3.66. The molecule has 2 N–H and O–H groups in total. The van der Waals surface area contributed by atoms with Crippen LogP contribution < -0.4 is 5.73 Å². The Morgan fingerprint density at radius 1 is 1.35 bits per heavy atom. The Labute approximate surface area is 119 Å². The van der Waals surface area contributed by atoms with Gasteiger partial charge in [-0.2, -0.15) is 0 Å². The minimum absolute atomic E-state index is 0.189. The molecule has 0 radical (unpaired) electrons. The van der Waals surface area contributed by atoms with Crippen molar-refractivity contribution in [2.45, 2.75) is 38.3 Å². The Balaban J connectivity index is 1.52. The van der Waals surface area contributed by atoms with E-state index >= 15 is 0 Å². The lowest BCUT2D eigenvalue weighted by atomic mass is 9.85. The van der Waals surface area contributed by atoms with Gasteiger partial charge < -0.3 is 15.4 Å². The van der Waals surface area contributed by atoms with Crippen LogP contribution in [0.15, 0.2) is 30.3 Å². The van der Waals surface area contributed by atoms with E-state index in [-0.39, 0.29) is 11.5 Å². The SMILES string of the molecule is N[C@@H]1CC[C@@]2(CCN(C(=O)OCc3ccccc3)C2)C1. The summed E-state index contributed by atoms with van der Waals surface area (Å²) in [7, 11) is 0. The molecule has 1 amide bonds.